The molecule has 6 aromatic carbocycles. The molecule has 11 heteroatoms. The lowest BCUT2D eigenvalue weighted by Gasteiger charge is -2.46. The zero-order valence-electron chi connectivity index (χ0n) is 38.2. The van der Waals surface area contributed by atoms with Crippen LogP contribution in [0.4, 0.5) is 0 Å². The standard InChI is InChI=1S/C56H62O10S/c1-57-55-53(63-37-45-29-17-7-18-30-45)51(61-35-43-25-13-5-14-26-43)49(59-33-41-21-9-3-10-22-41)47(65-55)39-67-40-48-50(60-34-42-23-11-4-12-24-42)52(62-36-44-27-15-6-16-28-44)54(56(58-2)66-48)64-38-46-31-19-8-20-32-46/h3-32,47-56H,33-40H2,1-2H3/t47-,48-,49-,50-,51-,52+,53-,54+,55-,56+/m1/s1. The fourth-order valence-electron chi connectivity index (χ4n) is 8.44. The molecule has 352 valence electrons. The Balaban J connectivity index is 1.06. The first-order chi connectivity index (χ1) is 33.1. The van der Waals surface area contributed by atoms with Crippen LogP contribution in [-0.2, 0) is 87.0 Å². The van der Waals surface area contributed by atoms with Gasteiger partial charge in [0, 0.05) is 25.7 Å². The van der Waals surface area contributed by atoms with Crippen LogP contribution >= 0.6 is 11.8 Å². The van der Waals surface area contributed by atoms with Crippen molar-refractivity contribution in [3.63, 3.8) is 0 Å². The fourth-order valence-corrected chi connectivity index (χ4v) is 9.58. The molecule has 0 saturated carbocycles. The Hall–Kier alpha value is -4.73. The second-order valence-corrected chi connectivity index (χ2v) is 17.7. The van der Waals surface area contributed by atoms with Crippen LogP contribution in [0.5, 0.6) is 0 Å². The lowest BCUT2D eigenvalue weighted by molar-refractivity contribution is -0.314. The molecule has 0 N–H and O–H groups in total. The van der Waals surface area contributed by atoms with Gasteiger partial charge in [0.15, 0.2) is 12.6 Å². The predicted molar refractivity (Wildman–Crippen MR) is 259 cm³/mol. The molecule has 2 fully saturated rings. The van der Waals surface area contributed by atoms with Crippen molar-refractivity contribution < 1.29 is 47.4 Å². The molecule has 2 aliphatic rings. The Bertz CT molecular complexity index is 2090. The Morgan fingerprint density at radius 3 is 0.776 bits per heavy atom. The van der Waals surface area contributed by atoms with Crippen molar-refractivity contribution in [3.05, 3.63) is 215 Å². The summed E-state index contributed by atoms with van der Waals surface area (Å²) in [6.45, 7) is 2.10. The Kier molecular flexibility index (Phi) is 19.0. The van der Waals surface area contributed by atoms with Crippen LogP contribution in [0.2, 0.25) is 0 Å². The van der Waals surface area contributed by atoms with Gasteiger partial charge in [-0.15, -0.1) is 0 Å². The summed E-state index contributed by atoms with van der Waals surface area (Å²) in [7, 11) is 3.29. The maximum atomic E-state index is 6.90. The normalized spacial score (nSPS) is 25.2. The van der Waals surface area contributed by atoms with Crippen molar-refractivity contribution in [2.24, 2.45) is 0 Å². The minimum absolute atomic E-state index is 0.346. The summed E-state index contributed by atoms with van der Waals surface area (Å²) in [5.41, 5.74) is 6.21. The van der Waals surface area contributed by atoms with Crippen molar-refractivity contribution in [1.82, 2.24) is 0 Å². The van der Waals surface area contributed by atoms with Crippen LogP contribution in [0, 0.1) is 0 Å². The highest BCUT2D eigenvalue weighted by molar-refractivity contribution is 7.99. The Morgan fingerprint density at radius 1 is 0.313 bits per heavy atom. The van der Waals surface area contributed by atoms with Crippen molar-refractivity contribution in [2.45, 2.75) is 101 Å². The van der Waals surface area contributed by atoms with Crippen LogP contribution in [0.15, 0.2) is 182 Å². The average Bonchev–Trinajstić information content (AvgIpc) is 3.39. The second-order valence-electron chi connectivity index (χ2n) is 16.7. The summed E-state index contributed by atoms with van der Waals surface area (Å²) in [5, 5.41) is 0. The zero-order valence-corrected chi connectivity index (χ0v) is 39.1. The molecule has 0 unspecified atom stereocenters. The van der Waals surface area contributed by atoms with Gasteiger partial charge in [-0.05, 0) is 33.4 Å². The van der Waals surface area contributed by atoms with Crippen LogP contribution < -0.4 is 0 Å². The van der Waals surface area contributed by atoms with Crippen molar-refractivity contribution in [3.8, 4) is 0 Å². The van der Waals surface area contributed by atoms with Crippen molar-refractivity contribution >= 4 is 11.8 Å². The summed E-state index contributed by atoms with van der Waals surface area (Å²) < 4.78 is 66.9. The van der Waals surface area contributed by atoms with Gasteiger partial charge in [0.2, 0.25) is 0 Å². The number of rotatable bonds is 24. The van der Waals surface area contributed by atoms with E-state index in [4.69, 9.17) is 47.4 Å². The van der Waals surface area contributed by atoms with Crippen molar-refractivity contribution in [1.29, 1.82) is 0 Å². The van der Waals surface area contributed by atoms with E-state index in [1.807, 2.05) is 133 Å². The molecule has 10 atom stereocenters. The molecule has 6 aromatic rings. The fraction of sp³-hybridized carbons (Fsp3) is 0.357. The van der Waals surface area contributed by atoms with Gasteiger partial charge in [-0.3, -0.25) is 0 Å². The highest BCUT2D eigenvalue weighted by Gasteiger charge is 2.51. The number of ether oxygens (including phenoxy) is 10. The molecule has 67 heavy (non-hydrogen) atoms. The molecule has 0 radical (unpaired) electrons. The van der Waals surface area contributed by atoms with E-state index in [1.54, 1.807) is 26.0 Å². The van der Waals surface area contributed by atoms with E-state index in [2.05, 4.69) is 48.5 Å². The summed E-state index contributed by atoms with van der Waals surface area (Å²) in [6.07, 6.45) is -5.80. The minimum atomic E-state index is -0.740. The van der Waals surface area contributed by atoms with Gasteiger partial charge in [-0.1, -0.05) is 182 Å². The maximum Gasteiger partial charge on any atom is 0.186 e. The first kappa shape index (κ1) is 48.7. The summed E-state index contributed by atoms with van der Waals surface area (Å²) in [5.74, 6) is 1.03. The van der Waals surface area contributed by atoms with Gasteiger partial charge < -0.3 is 47.4 Å². The summed E-state index contributed by atoms with van der Waals surface area (Å²) in [6, 6.07) is 60.8. The van der Waals surface area contributed by atoms with Gasteiger partial charge in [-0.25, -0.2) is 0 Å². The van der Waals surface area contributed by atoms with Crippen molar-refractivity contribution in [2.75, 3.05) is 25.7 Å². The molecular formula is C56H62O10S. The third-order valence-corrected chi connectivity index (χ3v) is 13.1. The Morgan fingerprint density at radius 2 is 0.537 bits per heavy atom. The van der Waals surface area contributed by atoms with E-state index in [9.17, 15) is 0 Å². The number of hydrogen-bond acceptors (Lipinski definition) is 11. The third kappa shape index (κ3) is 14.2. The van der Waals surface area contributed by atoms with E-state index in [1.165, 1.54) is 0 Å². The van der Waals surface area contributed by atoms with Crippen LogP contribution in [0.1, 0.15) is 33.4 Å². The monoisotopic (exact) mass is 926 g/mol. The molecule has 2 heterocycles. The topological polar surface area (TPSA) is 92.3 Å². The first-order valence-corrected chi connectivity index (χ1v) is 24.2. The summed E-state index contributed by atoms with van der Waals surface area (Å²) in [4.78, 5) is 0. The van der Waals surface area contributed by atoms with Gasteiger partial charge >= 0.3 is 0 Å². The highest BCUT2D eigenvalue weighted by Crippen LogP contribution is 2.36. The lowest BCUT2D eigenvalue weighted by Crippen LogP contribution is -2.62. The van der Waals surface area contributed by atoms with E-state index in [-0.39, 0.29) is 0 Å². The molecular weight excluding hydrogens is 865 g/mol. The molecule has 0 aliphatic carbocycles. The molecule has 0 spiro atoms. The smallest absolute Gasteiger partial charge is 0.186 e. The van der Waals surface area contributed by atoms with E-state index in [0.29, 0.717) is 51.1 Å². The van der Waals surface area contributed by atoms with E-state index in [0.717, 1.165) is 33.4 Å². The molecule has 0 amide bonds. The number of methoxy groups -OCH3 is 2. The first-order valence-electron chi connectivity index (χ1n) is 23.0. The average molecular weight is 927 g/mol. The number of thioether (sulfide) groups is 1. The number of hydrogen-bond donors (Lipinski definition) is 0. The largest absolute Gasteiger partial charge is 0.368 e. The van der Waals surface area contributed by atoms with Gasteiger partial charge in [0.1, 0.15) is 36.6 Å². The summed E-state index contributed by atoms with van der Waals surface area (Å²) >= 11 is 1.68. The minimum Gasteiger partial charge on any atom is -0.368 e. The molecule has 10 nitrogen and oxygen atoms in total. The maximum absolute atomic E-state index is 6.90. The molecule has 2 aliphatic heterocycles. The highest BCUT2D eigenvalue weighted by atomic mass is 32.2. The molecule has 2 saturated heterocycles. The quantitative estimate of drug-likeness (QED) is 0.0581. The third-order valence-electron chi connectivity index (χ3n) is 11.9. The van der Waals surface area contributed by atoms with Crippen LogP contribution in [0.3, 0.4) is 0 Å². The molecule has 0 aromatic heterocycles. The molecule has 8 rings (SSSR count). The second kappa shape index (κ2) is 26.1. The number of benzene rings is 6. The van der Waals surface area contributed by atoms with Crippen LogP contribution in [-0.4, -0.2) is 87.1 Å². The SMILES string of the molecule is CO[C@H]1O[C@H](CSC[C@H]2O[C@@H](OC)[C@H](OCc3ccccc3)[C@H](OCc3ccccc3)[C@@H]2OCc2ccccc2)[C@@H](OCc2ccccc2)[C@H](OCc2ccccc2)[C@@H]1OCc1ccccc1. The lowest BCUT2D eigenvalue weighted by atomic mass is 9.98. The van der Waals surface area contributed by atoms with E-state index < -0.39 is 61.4 Å². The zero-order chi connectivity index (χ0) is 45.9. The molecule has 0 bridgehead atoms. The van der Waals surface area contributed by atoms with Gasteiger partial charge in [-0.2, -0.15) is 11.8 Å². The van der Waals surface area contributed by atoms with Gasteiger partial charge in [0.25, 0.3) is 0 Å². The Labute approximate surface area is 399 Å². The van der Waals surface area contributed by atoms with Crippen LogP contribution in [0.25, 0.3) is 0 Å². The van der Waals surface area contributed by atoms with E-state index >= 15 is 0 Å². The predicted octanol–water partition coefficient (Wildman–Crippen LogP) is 9.97. The van der Waals surface area contributed by atoms with Gasteiger partial charge in [0.05, 0.1) is 51.8 Å².